The number of Topliss-reactive ketones (excluding diaryl/α,β-unsaturated/α-hetero) is 1. The molecule has 1 atom stereocenters. The number of ketones is 1. The molecule has 0 bridgehead atoms. The van der Waals surface area contributed by atoms with Crippen LogP contribution in [0.1, 0.15) is 46.9 Å². The summed E-state index contributed by atoms with van der Waals surface area (Å²) in [7, 11) is 1.56. The molecule has 0 aliphatic carbocycles. The maximum Gasteiger partial charge on any atom is 0.225 e. The van der Waals surface area contributed by atoms with Crippen LogP contribution in [0, 0.1) is 6.92 Å². The zero-order valence-corrected chi connectivity index (χ0v) is 14.6. The number of aryl methyl sites for hydroxylation is 1. The normalized spacial score (nSPS) is 11.7. The first-order valence-electron chi connectivity index (χ1n) is 7.95. The first-order chi connectivity index (χ1) is 11.4. The van der Waals surface area contributed by atoms with Crippen molar-refractivity contribution in [3.8, 4) is 5.75 Å². The number of nitrogens with one attached hydrogen (secondary N) is 1. The highest BCUT2D eigenvalue weighted by atomic mass is 16.5. The molecular weight excluding hydrogens is 302 g/mol. The van der Waals surface area contributed by atoms with E-state index in [0.717, 1.165) is 11.1 Å². The highest BCUT2D eigenvalue weighted by Gasteiger charge is 2.15. The molecule has 0 spiro atoms. The second-order valence-electron chi connectivity index (χ2n) is 5.91. The van der Waals surface area contributed by atoms with Crippen molar-refractivity contribution in [1.29, 1.82) is 0 Å². The van der Waals surface area contributed by atoms with E-state index in [2.05, 4.69) is 5.32 Å². The molecule has 0 saturated heterocycles. The van der Waals surface area contributed by atoms with Crippen LogP contribution in [-0.4, -0.2) is 18.8 Å². The predicted molar refractivity (Wildman–Crippen MR) is 94.4 cm³/mol. The van der Waals surface area contributed by atoms with Gasteiger partial charge in [0.05, 0.1) is 19.6 Å². The highest BCUT2D eigenvalue weighted by molar-refractivity contribution is 5.94. The number of hydrogen-bond donors (Lipinski definition) is 1. The van der Waals surface area contributed by atoms with Gasteiger partial charge in [-0.15, -0.1) is 0 Å². The molecule has 2 aromatic rings. The lowest BCUT2D eigenvalue weighted by Crippen LogP contribution is -2.28. The van der Waals surface area contributed by atoms with Gasteiger partial charge < -0.3 is 10.1 Å². The second kappa shape index (κ2) is 7.77. The summed E-state index contributed by atoms with van der Waals surface area (Å²) in [5.74, 6) is 0.469. The molecule has 0 aliphatic rings. The zero-order valence-electron chi connectivity index (χ0n) is 14.6. The van der Waals surface area contributed by atoms with Gasteiger partial charge in [0.25, 0.3) is 0 Å². The van der Waals surface area contributed by atoms with E-state index in [4.69, 9.17) is 4.74 Å². The summed E-state index contributed by atoms with van der Waals surface area (Å²) in [6.07, 6.45) is 0.167. The minimum Gasteiger partial charge on any atom is -0.496 e. The number of amides is 1. The monoisotopic (exact) mass is 325 g/mol. The second-order valence-corrected chi connectivity index (χ2v) is 5.91. The molecule has 126 valence electrons. The third-order valence-electron chi connectivity index (χ3n) is 4.07. The lowest BCUT2D eigenvalue weighted by molar-refractivity contribution is -0.121. The fraction of sp³-hybridized carbons (Fsp3) is 0.300. The van der Waals surface area contributed by atoms with Crippen LogP contribution in [0.3, 0.4) is 0 Å². The van der Waals surface area contributed by atoms with E-state index in [1.807, 2.05) is 38.1 Å². The molecule has 1 amide bonds. The fourth-order valence-electron chi connectivity index (χ4n) is 2.75. The van der Waals surface area contributed by atoms with Crippen LogP contribution < -0.4 is 10.1 Å². The van der Waals surface area contributed by atoms with E-state index < -0.39 is 0 Å². The Morgan fingerprint density at radius 3 is 2.50 bits per heavy atom. The van der Waals surface area contributed by atoms with Crippen LogP contribution in [0.15, 0.2) is 42.5 Å². The summed E-state index contributed by atoms with van der Waals surface area (Å²) >= 11 is 0. The third kappa shape index (κ3) is 4.22. The topological polar surface area (TPSA) is 55.4 Å². The first kappa shape index (κ1) is 17.7. The first-order valence-corrected chi connectivity index (χ1v) is 7.95. The van der Waals surface area contributed by atoms with Crippen LogP contribution in [0.25, 0.3) is 0 Å². The summed E-state index contributed by atoms with van der Waals surface area (Å²) < 4.78 is 5.30. The van der Waals surface area contributed by atoms with E-state index in [0.29, 0.717) is 16.9 Å². The van der Waals surface area contributed by atoms with Gasteiger partial charge in [-0.2, -0.15) is 0 Å². The zero-order chi connectivity index (χ0) is 17.7. The van der Waals surface area contributed by atoms with Gasteiger partial charge in [-0.3, -0.25) is 9.59 Å². The molecule has 0 saturated carbocycles. The van der Waals surface area contributed by atoms with Crippen molar-refractivity contribution in [1.82, 2.24) is 5.32 Å². The Morgan fingerprint density at radius 1 is 1.17 bits per heavy atom. The van der Waals surface area contributed by atoms with Crippen molar-refractivity contribution in [2.45, 2.75) is 33.2 Å². The summed E-state index contributed by atoms with van der Waals surface area (Å²) in [6, 6.07) is 13.0. The molecule has 0 aliphatic heterocycles. The van der Waals surface area contributed by atoms with Crippen LogP contribution in [0.4, 0.5) is 0 Å². The average Bonchev–Trinajstić information content (AvgIpc) is 2.54. The molecule has 0 fully saturated rings. The van der Waals surface area contributed by atoms with E-state index in [1.165, 1.54) is 6.92 Å². The Kier molecular flexibility index (Phi) is 5.74. The molecule has 1 N–H and O–H groups in total. The van der Waals surface area contributed by atoms with Gasteiger partial charge in [-0.25, -0.2) is 0 Å². The van der Waals surface area contributed by atoms with Crippen molar-refractivity contribution in [3.05, 3.63) is 64.7 Å². The van der Waals surface area contributed by atoms with Crippen molar-refractivity contribution in [2.24, 2.45) is 0 Å². The van der Waals surface area contributed by atoms with Gasteiger partial charge in [0, 0.05) is 11.1 Å². The summed E-state index contributed by atoms with van der Waals surface area (Å²) in [5, 5.41) is 3.01. The van der Waals surface area contributed by atoms with Gasteiger partial charge in [0.15, 0.2) is 5.78 Å². The maximum atomic E-state index is 12.4. The van der Waals surface area contributed by atoms with E-state index in [9.17, 15) is 9.59 Å². The van der Waals surface area contributed by atoms with Gasteiger partial charge in [0.2, 0.25) is 5.91 Å². The molecular formula is C20H23NO3. The quantitative estimate of drug-likeness (QED) is 0.825. The van der Waals surface area contributed by atoms with Gasteiger partial charge in [0.1, 0.15) is 5.75 Å². The molecule has 24 heavy (non-hydrogen) atoms. The van der Waals surface area contributed by atoms with Crippen molar-refractivity contribution in [3.63, 3.8) is 0 Å². The highest BCUT2D eigenvalue weighted by Crippen LogP contribution is 2.22. The number of benzene rings is 2. The lowest BCUT2D eigenvalue weighted by atomic mass is 10.0. The van der Waals surface area contributed by atoms with Gasteiger partial charge >= 0.3 is 0 Å². The molecule has 0 radical (unpaired) electrons. The van der Waals surface area contributed by atoms with Crippen molar-refractivity contribution in [2.75, 3.05) is 7.11 Å². The van der Waals surface area contributed by atoms with Crippen LogP contribution in [-0.2, 0) is 11.2 Å². The largest absolute Gasteiger partial charge is 0.496 e. The van der Waals surface area contributed by atoms with Crippen molar-refractivity contribution < 1.29 is 14.3 Å². The van der Waals surface area contributed by atoms with Crippen LogP contribution >= 0.6 is 0 Å². The van der Waals surface area contributed by atoms with Gasteiger partial charge in [-0.1, -0.05) is 24.3 Å². The summed E-state index contributed by atoms with van der Waals surface area (Å²) in [5.41, 5.74) is 3.52. The molecule has 4 heteroatoms. The Labute approximate surface area is 142 Å². The number of rotatable bonds is 6. The Morgan fingerprint density at radius 2 is 1.88 bits per heavy atom. The molecule has 4 nitrogen and oxygen atoms in total. The molecule has 1 unspecified atom stereocenters. The minimum atomic E-state index is -0.107. The lowest BCUT2D eigenvalue weighted by Gasteiger charge is -2.17. The summed E-state index contributed by atoms with van der Waals surface area (Å²) in [4.78, 5) is 23.9. The minimum absolute atomic E-state index is 0.0346. The van der Waals surface area contributed by atoms with Crippen LogP contribution in [0.2, 0.25) is 0 Å². The number of methoxy groups -OCH3 is 1. The smallest absolute Gasteiger partial charge is 0.225 e. The molecule has 2 aromatic carbocycles. The molecule has 0 aromatic heterocycles. The number of ether oxygens (including phenoxy) is 1. The standard InChI is InChI=1S/C20H23NO3/c1-13-7-5-6-8-18(13)14(2)21-20(23)12-17-11-16(15(3)22)9-10-19(17)24-4/h5-11,14H,12H2,1-4H3,(H,21,23). The Balaban J connectivity index is 2.13. The predicted octanol–water partition coefficient (Wildman–Crippen LogP) is 3.63. The molecule has 2 rings (SSSR count). The fourth-order valence-corrected chi connectivity index (χ4v) is 2.75. The van der Waals surface area contributed by atoms with Gasteiger partial charge in [-0.05, 0) is 50.1 Å². The van der Waals surface area contributed by atoms with Crippen LogP contribution in [0.5, 0.6) is 5.75 Å². The van der Waals surface area contributed by atoms with E-state index in [-0.39, 0.29) is 24.2 Å². The number of hydrogen-bond acceptors (Lipinski definition) is 3. The Bertz CT molecular complexity index is 752. The maximum absolute atomic E-state index is 12.4. The van der Waals surface area contributed by atoms with E-state index >= 15 is 0 Å². The average molecular weight is 325 g/mol. The number of carbonyl (C=O) groups is 2. The van der Waals surface area contributed by atoms with E-state index in [1.54, 1.807) is 25.3 Å². The number of carbonyl (C=O) groups excluding carboxylic acids is 2. The molecule has 0 heterocycles. The third-order valence-corrected chi connectivity index (χ3v) is 4.07. The Hall–Kier alpha value is -2.62. The summed E-state index contributed by atoms with van der Waals surface area (Å²) in [6.45, 7) is 5.49. The van der Waals surface area contributed by atoms with Crippen molar-refractivity contribution >= 4 is 11.7 Å². The SMILES string of the molecule is COc1ccc(C(C)=O)cc1CC(=O)NC(C)c1ccccc1C.